The van der Waals surface area contributed by atoms with Gasteiger partial charge in [-0.05, 0) is 36.2 Å². The van der Waals surface area contributed by atoms with E-state index in [4.69, 9.17) is 17.3 Å². The first-order chi connectivity index (χ1) is 19.7. The predicted octanol–water partition coefficient (Wildman–Crippen LogP) is 4.01. The van der Waals surface area contributed by atoms with Crippen LogP contribution in [-0.4, -0.2) is 47.0 Å². The van der Waals surface area contributed by atoms with Gasteiger partial charge in [-0.2, -0.15) is 0 Å². The second-order valence-corrected chi connectivity index (χ2v) is 10.1. The van der Waals surface area contributed by atoms with Gasteiger partial charge in [-0.15, -0.1) is 0 Å². The van der Waals surface area contributed by atoms with Gasteiger partial charge in [-0.1, -0.05) is 66.2 Å². The average Bonchev–Trinajstić information content (AvgIpc) is 2.97. The monoisotopic (exact) mass is 582 g/mol. The minimum Gasteiger partial charge on any atom is -0.342 e. The van der Waals surface area contributed by atoms with Gasteiger partial charge in [-0.3, -0.25) is 19.2 Å². The first-order valence-corrected chi connectivity index (χ1v) is 13.5. The zero-order valence-electron chi connectivity index (χ0n) is 22.0. The number of hydrogen-bond donors (Lipinski definition) is 3. The molecule has 0 fully saturated rings. The number of ketones is 1. The van der Waals surface area contributed by atoms with Gasteiger partial charge in [0.15, 0.2) is 5.78 Å². The molecule has 3 aromatic carbocycles. The second kappa shape index (κ2) is 13.5. The molecule has 0 bridgehead atoms. The van der Waals surface area contributed by atoms with Crippen molar-refractivity contribution in [2.24, 2.45) is 5.73 Å². The highest BCUT2D eigenvalue weighted by molar-refractivity contribution is 6.31. The lowest BCUT2D eigenvalue weighted by Gasteiger charge is -2.36. The Balaban J connectivity index is 1.49. The third-order valence-corrected chi connectivity index (χ3v) is 7.23. The van der Waals surface area contributed by atoms with Crippen LogP contribution in [0.3, 0.4) is 0 Å². The van der Waals surface area contributed by atoms with Crippen LogP contribution in [0.15, 0.2) is 66.7 Å². The number of carbonyl (C=O) groups excluding carboxylic acids is 4. The Morgan fingerprint density at radius 2 is 1.59 bits per heavy atom. The van der Waals surface area contributed by atoms with E-state index in [9.17, 15) is 28.0 Å². The molecule has 2 atom stereocenters. The van der Waals surface area contributed by atoms with Gasteiger partial charge in [0.2, 0.25) is 17.7 Å². The van der Waals surface area contributed by atoms with Crippen LogP contribution in [0.5, 0.6) is 0 Å². The largest absolute Gasteiger partial charge is 0.342 e. The number of halogens is 3. The Hall–Kier alpha value is -4.15. The summed E-state index contributed by atoms with van der Waals surface area (Å²) in [6.07, 6.45) is 0.103. The fourth-order valence-electron chi connectivity index (χ4n) is 4.71. The van der Waals surface area contributed by atoms with Gasteiger partial charge in [0, 0.05) is 37.1 Å². The van der Waals surface area contributed by atoms with Gasteiger partial charge in [0.1, 0.15) is 28.7 Å². The molecule has 8 nitrogen and oxygen atoms in total. The second-order valence-electron chi connectivity index (χ2n) is 9.68. The van der Waals surface area contributed by atoms with Crippen LogP contribution >= 0.6 is 11.6 Å². The summed E-state index contributed by atoms with van der Waals surface area (Å²) in [4.78, 5) is 53.9. The third-order valence-electron chi connectivity index (χ3n) is 6.87. The summed E-state index contributed by atoms with van der Waals surface area (Å²) in [7, 11) is 0. The lowest BCUT2D eigenvalue weighted by atomic mass is 9.92. The molecule has 3 amide bonds. The number of anilines is 1. The van der Waals surface area contributed by atoms with Crippen LogP contribution in [0, 0.1) is 11.6 Å². The minimum absolute atomic E-state index is 0.0260. The highest BCUT2D eigenvalue weighted by Gasteiger charge is 2.36. The highest BCUT2D eigenvalue weighted by Crippen LogP contribution is 2.26. The molecule has 0 radical (unpaired) electrons. The fourth-order valence-corrected chi connectivity index (χ4v) is 4.82. The molecule has 11 heteroatoms. The Morgan fingerprint density at radius 1 is 0.951 bits per heavy atom. The summed E-state index contributed by atoms with van der Waals surface area (Å²) in [5.74, 6) is -4.01. The maximum absolute atomic E-state index is 13.9. The maximum Gasteiger partial charge on any atom is 0.247 e. The van der Waals surface area contributed by atoms with Crippen molar-refractivity contribution in [1.29, 1.82) is 0 Å². The summed E-state index contributed by atoms with van der Waals surface area (Å²) >= 11 is 5.51. The van der Waals surface area contributed by atoms with Gasteiger partial charge < -0.3 is 21.3 Å². The number of Topliss-reactive ketones (excluding diaryl/α,β-unsaturated/α-hetero) is 1. The minimum atomic E-state index is -1.15. The molecule has 41 heavy (non-hydrogen) atoms. The van der Waals surface area contributed by atoms with Crippen molar-refractivity contribution >= 4 is 40.8 Å². The summed E-state index contributed by atoms with van der Waals surface area (Å²) in [5.41, 5.74) is 7.74. The van der Waals surface area contributed by atoms with Crippen LogP contribution in [0.1, 0.15) is 40.7 Å². The van der Waals surface area contributed by atoms with Gasteiger partial charge in [0.25, 0.3) is 0 Å². The average molecular weight is 583 g/mol. The van der Waals surface area contributed by atoms with Crippen molar-refractivity contribution in [1.82, 2.24) is 10.2 Å². The van der Waals surface area contributed by atoms with Crippen LogP contribution in [0.2, 0.25) is 5.02 Å². The third kappa shape index (κ3) is 7.33. The molecular weight excluding hydrogens is 554 g/mol. The van der Waals surface area contributed by atoms with E-state index in [1.54, 1.807) is 30.3 Å². The first-order valence-electron chi connectivity index (χ1n) is 13.1. The molecule has 0 aliphatic carbocycles. The standard InChI is InChI=1S/C30H29ClF2N4O4/c31-28-22(32)15-21(16-23(28)33)35-29(40)24(12-13-34)36-30(41)25-14-19-8-4-5-9-20(19)17-37(25)27(39)11-10-26(38)18-6-2-1-3-7-18/h1-9,15-16,24-25H,10-14,17,34H2,(H,35,40)(H,36,41)/t24-,25-/m0/s1. The number of nitrogens with zero attached hydrogens (tertiary/aromatic N) is 1. The summed E-state index contributed by atoms with van der Waals surface area (Å²) in [5, 5.41) is 4.32. The Morgan fingerprint density at radius 3 is 2.24 bits per heavy atom. The predicted molar refractivity (Wildman–Crippen MR) is 150 cm³/mol. The van der Waals surface area contributed by atoms with E-state index in [1.165, 1.54) is 4.90 Å². The molecule has 4 N–H and O–H groups in total. The Kier molecular flexibility index (Phi) is 9.80. The van der Waals surface area contributed by atoms with Crippen LogP contribution in [0.25, 0.3) is 0 Å². The van der Waals surface area contributed by atoms with Crippen LogP contribution < -0.4 is 16.4 Å². The summed E-state index contributed by atoms with van der Waals surface area (Å²) < 4.78 is 27.7. The molecule has 0 saturated heterocycles. The molecule has 1 aliphatic rings. The lowest BCUT2D eigenvalue weighted by molar-refractivity contribution is -0.142. The Labute approximate surface area is 240 Å². The normalized spacial score (nSPS) is 15.0. The van der Waals surface area contributed by atoms with E-state index in [0.717, 1.165) is 23.3 Å². The quantitative estimate of drug-likeness (QED) is 0.246. The number of rotatable bonds is 10. The summed E-state index contributed by atoms with van der Waals surface area (Å²) in [6, 6.07) is 15.6. The molecule has 4 rings (SSSR count). The van der Waals surface area contributed by atoms with E-state index in [1.807, 2.05) is 24.3 Å². The molecule has 3 aromatic rings. The number of amides is 3. The lowest BCUT2D eigenvalue weighted by Crippen LogP contribution is -2.56. The molecule has 0 unspecified atom stereocenters. The van der Waals surface area contributed by atoms with Gasteiger partial charge in [-0.25, -0.2) is 8.78 Å². The van der Waals surface area contributed by atoms with Crippen molar-refractivity contribution in [2.75, 3.05) is 11.9 Å². The van der Waals surface area contributed by atoms with E-state index in [0.29, 0.717) is 5.56 Å². The molecular formula is C30H29ClF2N4O4. The highest BCUT2D eigenvalue weighted by atomic mass is 35.5. The molecule has 214 valence electrons. The first kappa shape index (κ1) is 29.8. The number of benzene rings is 3. The number of hydrogen-bond acceptors (Lipinski definition) is 5. The van der Waals surface area contributed by atoms with E-state index in [-0.39, 0.29) is 56.2 Å². The topological polar surface area (TPSA) is 122 Å². The van der Waals surface area contributed by atoms with Gasteiger partial charge >= 0.3 is 0 Å². The molecule has 0 saturated carbocycles. The van der Waals surface area contributed by atoms with Crippen LogP contribution in [0.4, 0.5) is 14.5 Å². The molecule has 0 aromatic heterocycles. The SMILES string of the molecule is NCC[C@H](NC(=O)[C@@H]1Cc2ccccc2CN1C(=O)CCC(=O)c1ccccc1)C(=O)Nc1cc(F)c(Cl)c(F)c1. The smallest absolute Gasteiger partial charge is 0.247 e. The Bertz CT molecular complexity index is 1430. The number of carbonyl (C=O) groups is 4. The molecule has 1 aliphatic heterocycles. The maximum atomic E-state index is 13.9. The van der Waals surface area contributed by atoms with E-state index in [2.05, 4.69) is 10.6 Å². The van der Waals surface area contributed by atoms with Crippen molar-refractivity contribution < 1.29 is 28.0 Å². The van der Waals surface area contributed by atoms with Crippen LogP contribution in [-0.2, 0) is 27.3 Å². The number of nitrogens with one attached hydrogen (secondary N) is 2. The van der Waals surface area contributed by atoms with Crippen molar-refractivity contribution in [3.05, 3.63) is 100 Å². The number of nitrogens with two attached hydrogens (primary N) is 1. The fraction of sp³-hybridized carbons (Fsp3) is 0.267. The zero-order chi connectivity index (χ0) is 29.5. The zero-order valence-corrected chi connectivity index (χ0v) is 22.8. The summed E-state index contributed by atoms with van der Waals surface area (Å²) in [6.45, 7) is 0.184. The van der Waals surface area contributed by atoms with E-state index < -0.39 is 40.6 Å². The van der Waals surface area contributed by atoms with Crippen molar-refractivity contribution in [2.45, 2.75) is 44.3 Å². The van der Waals surface area contributed by atoms with E-state index >= 15 is 0 Å². The number of fused-ring (bicyclic) bond motifs is 1. The van der Waals surface area contributed by atoms with Crippen molar-refractivity contribution in [3.63, 3.8) is 0 Å². The molecule has 1 heterocycles. The molecule has 0 spiro atoms. The van der Waals surface area contributed by atoms with Gasteiger partial charge in [0.05, 0.1) is 0 Å². The van der Waals surface area contributed by atoms with Crippen molar-refractivity contribution in [3.8, 4) is 0 Å².